The lowest BCUT2D eigenvalue weighted by Gasteiger charge is -2.16. The first kappa shape index (κ1) is 23.4. The number of nitrogens with zero attached hydrogens (tertiary/aromatic N) is 1. The number of benzene rings is 3. The minimum atomic E-state index is -0.460. The SMILES string of the molecule is C=CCc1cc(C=C(C#N)c2ccccc2F)cc(OC)c1OCc1ccc(Cl)cc1Cl. The summed E-state index contributed by atoms with van der Waals surface area (Å²) in [7, 11) is 1.53. The van der Waals surface area contributed by atoms with Crippen LogP contribution in [0.1, 0.15) is 22.3 Å². The highest BCUT2D eigenvalue weighted by atomic mass is 35.5. The van der Waals surface area contributed by atoms with E-state index in [1.165, 1.54) is 13.2 Å². The molecular formula is C26H20Cl2FNO2. The summed E-state index contributed by atoms with van der Waals surface area (Å²) < 4.78 is 25.8. The Morgan fingerprint density at radius 1 is 1.12 bits per heavy atom. The largest absolute Gasteiger partial charge is 0.493 e. The van der Waals surface area contributed by atoms with Crippen LogP contribution in [0.5, 0.6) is 11.5 Å². The molecule has 0 aliphatic heterocycles. The highest BCUT2D eigenvalue weighted by molar-refractivity contribution is 6.35. The zero-order valence-corrected chi connectivity index (χ0v) is 18.9. The number of rotatable bonds is 8. The smallest absolute Gasteiger partial charge is 0.165 e. The van der Waals surface area contributed by atoms with Crippen molar-refractivity contribution >= 4 is 34.9 Å². The van der Waals surface area contributed by atoms with Gasteiger partial charge in [0, 0.05) is 26.7 Å². The van der Waals surface area contributed by atoms with Gasteiger partial charge in [0.05, 0.1) is 18.8 Å². The van der Waals surface area contributed by atoms with Crippen LogP contribution in [0, 0.1) is 17.1 Å². The molecule has 32 heavy (non-hydrogen) atoms. The molecule has 0 saturated carbocycles. The van der Waals surface area contributed by atoms with E-state index in [1.807, 2.05) is 6.07 Å². The molecule has 0 aliphatic carbocycles. The van der Waals surface area contributed by atoms with Crippen LogP contribution < -0.4 is 9.47 Å². The Kier molecular flexibility index (Phi) is 7.94. The zero-order valence-electron chi connectivity index (χ0n) is 17.4. The number of hydrogen-bond donors (Lipinski definition) is 0. The quantitative estimate of drug-likeness (QED) is 0.195. The summed E-state index contributed by atoms with van der Waals surface area (Å²) >= 11 is 12.2. The number of hydrogen-bond acceptors (Lipinski definition) is 3. The summed E-state index contributed by atoms with van der Waals surface area (Å²) in [5, 5.41) is 10.6. The second-order valence-corrected chi connectivity index (χ2v) is 7.72. The predicted octanol–water partition coefficient (Wildman–Crippen LogP) is 7.51. The summed E-state index contributed by atoms with van der Waals surface area (Å²) in [5.74, 6) is 0.560. The van der Waals surface area contributed by atoms with Crippen molar-refractivity contribution in [2.45, 2.75) is 13.0 Å². The minimum absolute atomic E-state index is 0.205. The molecule has 0 spiro atoms. The molecule has 0 fully saturated rings. The van der Waals surface area contributed by atoms with Crippen LogP contribution in [-0.4, -0.2) is 7.11 Å². The molecule has 0 aliphatic rings. The maximum Gasteiger partial charge on any atom is 0.165 e. The third-order valence-electron chi connectivity index (χ3n) is 4.72. The fourth-order valence-electron chi connectivity index (χ4n) is 3.19. The normalized spacial score (nSPS) is 11.0. The van der Waals surface area contributed by atoms with Crippen LogP contribution in [0.4, 0.5) is 4.39 Å². The highest BCUT2D eigenvalue weighted by Gasteiger charge is 2.15. The summed E-state index contributed by atoms with van der Waals surface area (Å²) in [6.07, 6.45) is 3.86. The van der Waals surface area contributed by atoms with Gasteiger partial charge < -0.3 is 9.47 Å². The Labute approximate surface area is 196 Å². The van der Waals surface area contributed by atoms with Crippen LogP contribution in [0.3, 0.4) is 0 Å². The van der Waals surface area contributed by atoms with Gasteiger partial charge in [-0.25, -0.2) is 4.39 Å². The van der Waals surface area contributed by atoms with E-state index in [9.17, 15) is 9.65 Å². The Bertz CT molecular complexity index is 1210. The van der Waals surface area contributed by atoms with Crippen LogP contribution in [0.25, 0.3) is 11.6 Å². The molecule has 3 rings (SSSR count). The number of halogens is 3. The van der Waals surface area contributed by atoms with Crippen molar-refractivity contribution in [2.75, 3.05) is 7.11 Å². The van der Waals surface area contributed by atoms with E-state index in [0.29, 0.717) is 33.5 Å². The number of ether oxygens (including phenoxy) is 2. The van der Waals surface area contributed by atoms with Gasteiger partial charge in [-0.2, -0.15) is 5.26 Å². The number of nitriles is 1. The van der Waals surface area contributed by atoms with Crippen molar-refractivity contribution in [1.82, 2.24) is 0 Å². The molecule has 6 heteroatoms. The molecule has 0 unspecified atom stereocenters. The molecule has 3 aromatic rings. The van der Waals surface area contributed by atoms with Gasteiger partial charge in [0.1, 0.15) is 12.4 Å². The third-order valence-corrected chi connectivity index (χ3v) is 5.31. The third kappa shape index (κ3) is 5.50. The standard InChI is InChI=1S/C26H20Cl2FNO2/c1-3-6-18-11-17(12-20(15-30)22-7-4-5-8-24(22)29)13-25(31-2)26(18)32-16-19-9-10-21(27)14-23(19)28/h3-5,7-14H,1,6,16H2,2H3. The molecule has 0 atom stereocenters. The van der Waals surface area contributed by atoms with Crippen molar-refractivity contribution < 1.29 is 13.9 Å². The van der Waals surface area contributed by atoms with E-state index in [2.05, 4.69) is 12.6 Å². The second-order valence-electron chi connectivity index (χ2n) is 6.88. The maximum atomic E-state index is 14.2. The monoisotopic (exact) mass is 467 g/mol. The molecule has 0 heterocycles. The summed E-state index contributed by atoms with van der Waals surface area (Å²) in [5.41, 5.74) is 2.70. The van der Waals surface area contributed by atoms with Crippen molar-refractivity contribution in [3.8, 4) is 17.6 Å². The van der Waals surface area contributed by atoms with Crippen molar-refractivity contribution in [3.63, 3.8) is 0 Å². The Morgan fingerprint density at radius 3 is 2.56 bits per heavy atom. The van der Waals surface area contributed by atoms with E-state index < -0.39 is 5.82 Å². The van der Waals surface area contributed by atoms with Gasteiger partial charge in [-0.1, -0.05) is 53.5 Å². The molecule has 0 aromatic heterocycles. The Hall–Kier alpha value is -3.26. The lowest BCUT2D eigenvalue weighted by molar-refractivity contribution is 0.282. The number of methoxy groups -OCH3 is 1. The van der Waals surface area contributed by atoms with Crippen LogP contribution in [0.2, 0.25) is 10.0 Å². The molecule has 3 nitrogen and oxygen atoms in total. The molecule has 0 N–H and O–H groups in total. The first-order valence-electron chi connectivity index (χ1n) is 9.72. The van der Waals surface area contributed by atoms with Crippen molar-refractivity contribution in [2.24, 2.45) is 0 Å². The fourth-order valence-corrected chi connectivity index (χ4v) is 3.66. The first-order chi connectivity index (χ1) is 15.5. The van der Waals surface area contributed by atoms with Gasteiger partial charge in [-0.3, -0.25) is 0 Å². The molecular weight excluding hydrogens is 448 g/mol. The lowest BCUT2D eigenvalue weighted by atomic mass is 10.0. The Balaban J connectivity index is 2.00. The van der Waals surface area contributed by atoms with Crippen LogP contribution in [0.15, 0.2) is 67.3 Å². The Morgan fingerprint density at radius 2 is 1.91 bits per heavy atom. The van der Waals surface area contributed by atoms with Gasteiger partial charge in [-0.05, 0) is 48.4 Å². The average Bonchev–Trinajstić information content (AvgIpc) is 2.78. The summed E-state index contributed by atoms with van der Waals surface area (Å²) in [4.78, 5) is 0. The fraction of sp³-hybridized carbons (Fsp3) is 0.115. The van der Waals surface area contributed by atoms with Gasteiger partial charge in [-0.15, -0.1) is 6.58 Å². The topological polar surface area (TPSA) is 42.2 Å². The minimum Gasteiger partial charge on any atom is -0.493 e. The molecule has 0 amide bonds. The second kappa shape index (κ2) is 10.9. The van der Waals surface area contributed by atoms with Crippen molar-refractivity contribution in [3.05, 3.63) is 105 Å². The van der Waals surface area contributed by atoms with E-state index in [1.54, 1.807) is 54.6 Å². The van der Waals surface area contributed by atoms with Gasteiger partial charge in [0.25, 0.3) is 0 Å². The summed E-state index contributed by atoms with van der Waals surface area (Å²) in [6, 6.07) is 17.0. The number of allylic oxidation sites excluding steroid dienone is 2. The summed E-state index contributed by atoms with van der Waals surface area (Å²) in [6.45, 7) is 4.02. The van der Waals surface area contributed by atoms with Crippen molar-refractivity contribution in [1.29, 1.82) is 5.26 Å². The van der Waals surface area contributed by atoms with E-state index in [0.717, 1.165) is 11.1 Å². The van der Waals surface area contributed by atoms with Gasteiger partial charge >= 0.3 is 0 Å². The molecule has 0 bridgehead atoms. The van der Waals surface area contributed by atoms with Gasteiger partial charge in [0.2, 0.25) is 0 Å². The van der Waals surface area contributed by atoms with Crippen LogP contribution >= 0.6 is 23.2 Å². The van der Waals surface area contributed by atoms with Crippen LogP contribution in [-0.2, 0) is 13.0 Å². The average molecular weight is 468 g/mol. The zero-order chi connectivity index (χ0) is 23.1. The van der Waals surface area contributed by atoms with E-state index >= 15 is 0 Å². The van der Waals surface area contributed by atoms with Gasteiger partial charge in [0.15, 0.2) is 11.5 Å². The van der Waals surface area contributed by atoms with E-state index in [4.69, 9.17) is 32.7 Å². The molecule has 3 aromatic carbocycles. The highest BCUT2D eigenvalue weighted by Crippen LogP contribution is 2.36. The van der Waals surface area contributed by atoms with E-state index in [-0.39, 0.29) is 17.7 Å². The predicted molar refractivity (Wildman–Crippen MR) is 128 cm³/mol. The first-order valence-corrected chi connectivity index (χ1v) is 10.5. The maximum absolute atomic E-state index is 14.2. The molecule has 0 saturated heterocycles. The molecule has 162 valence electrons. The molecule has 0 radical (unpaired) electrons. The lowest BCUT2D eigenvalue weighted by Crippen LogP contribution is -2.02.